The van der Waals surface area contributed by atoms with Gasteiger partial charge in [0.25, 0.3) is 0 Å². The molecule has 0 aromatic carbocycles. The van der Waals surface area contributed by atoms with Crippen molar-refractivity contribution in [2.45, 2.75) is 56.2 Å². The summed E-state index contributed by atoms with van der Waals surface area (Å²) in [6.07, 6.45) is 4.54. The average Bonchev–Trinajstić information content (AvgIpc) is 2.72. The molecule has 2 fully saturated rings. The lowest BCUT2D eigenvalue weighted by Gasteiger charge is -2.35. The lowest BCUT2D eigenvalue weighted by molar-refractivity contribution is -0.144. The van der Waals surface area contributed by atoms with Crippen molar-refractivity contribution in [3.63, 3.8) is 0 Å². The van der Waals surface area contributed by atoms with E-state index in [1.54, 1.807) is 7.11 Å². The quantitative estimate of drug-likeness (QED) is 0.696. The Morgan fingerprint density at radius 3 is 2.39 bits per heavy atom. The first-order valence-corrected chi connectivity index (χ1v) is 6.40. The summed E-state index contributed by atoms with van der Waals surface area (Å²) in [5.74, 6) is -0.932. The van der Waals surface area contributed by atoms with Crippen molar-refractivity contribution >= 4 is 12.0 Å². The van der Waals surface area contributed by atoms with Gasteiger partial charge in [-0.2, -0.15) is 0 Å². The highest BCUT2D eigenvalue weighted by molar-refractivity contribution is 5.86. The number of carbonyl (C=O) groups is 2. The molecular formula is C12H20N2O4. The highest BCUT2D eigenvalue weighted by Crippen LogP contribution is 2.30. The number of hydrogen-bond donors (Lipinski definition) is 3. The van der Waals surface area contributed by atoms with E-state index in [9.17, 15) is 14.7 Å². The Morgan fingerprint density at radius 1 is 1.28 bits per heavy atom. The molecule has 102 valence electrons. The molecule has 18 heavy (non-hydrogen) atoms. The van der Waals surface area contributed by atoms with Gasteiger partial charge in [-0.25, -0.2) is 9.59 Å². The SMILES string of the molecule is COC1CC(NC(=O)NC2(C(=O)O)CCCC2)C1. The molecule has 2 rings (SSSR count). The van der Waals surface area contributed by atoms with Crippen molar-refractivity contribution < 1.29 is 19.4 Å². The van der Waals surface area contributed by atoms with Crippen LogP contribution in [0, 0.1) is 0 Å². The predicted octanol–water partition coefficient (Wildman–Crippen LogP) is 0.860. The maximum absolute atomic E-state index is 11.8. The van der Waals surface area contributed by atoms with Crippen molar-refractivity contribution in [1.82, 2.24) is 10.6 Å². The maximum Gasteiger partial charge on any atom is 0.329 e. The van der Waals surface area contributed by atoms with Gasteiger partial charge in [-0.05, 0) is 25.7 Å². The van der Waals surface area contributed by atoms with Crippen molar-refractivity contribution in [2.24, 2.45) is 0 Å². The summed E-state index contributed by atoms with van der Waals surface area (Å²) < 4.78 is 5.12. The minimum Gasteiger partial charge on any atom is -0.480 e. The number of ether oxygens (including phenoxy) is 1. The average molecular weight is 256 g/mol. The zero-order valence-electron chi connectivity index (χ0n) is 10.6. The molecule has 0 bridgehead atoms. The summed E-state index contributed by atoms with van der Waals surface area (Å²) in [5, 5.41) is 14.7. The third-order valence-electron chi connectivity index (χ3n) is 3.98. The monoisotopic (exact) mass is 256 g/mol. The fraction of sp³-hybridized carbons (Fsp3) is 0.833. The summed E-state index contributed by atoms with van der Waals surface area (Å²) in [5.41, 5.74) is -1.06. The lowest BCUT2D eigenvalue weighted by atomic mass is 9.89. The number of hydrogen-bond acceptors (Lipinski definition) is 3. The van der Waals surface area contributed by atoms with E-state index in [0.717, 1.165) is 25.7 Å². The molecule has 0 aromatic heterocycles. The summed E-state index contributed by atoms with van der Waals surface area (Å²) in [4.78, 5) is 23.0. The summed E-state index contributed by atoms with van der Waals surface area (Å²) >= 11 is 0. The van der Waals surface area contributed by atoms with Gasteiger partial charge < -0.3 is 20.5 Å². The van der Waals surface area contributed by atoms with Gasteiger partial charge in [-0.1, -0.05) is 12.8 Å². The Morgan fingerprint density at radius 2 is 1.89 bits per heavy atom. The van der Waals surface area contributed by atoms with Gasteiger partial charge in [0.2, 0.25) is 0 Å². The number of carbonyl (C=O) groups excluding carboxylic acids is 1. The number of amides is 2. The normalized spacial score (nSPS) is 29.4. The second-order valence-corrected chi connectivity index (χ2v) is 5.22. The molecule has 0 spiro atoms. The maximum atomic E-state index is 11.8. The van der Waals surface area contributed by atoms with Gasteiger partial charge in [0.05, 0.1) is 6.10 Å². The van der Waals surface area contributed by atoms with Crippen LogP contribution in [0.1, 0.15) is 38.5 Å². The van der Waals surface area contributed by atoms with E-state index < -0.39 is 11.5 Å². The molecule has 6 heteroatoms. The summed E-state index contributed by atoms with van der Waals surface area (Å²) in [6.45, 7) is 0. The van der Waals surface area contributed by atoms with Crippen LogP contribution in [0.25, 0.3) is 0 Å². The second-order valence-electron chi connectivity index (χ2n) is 5.22. The van der Waals surface area contributed by atoms with Crippen LogP contribution in [0.4, 0.5) is 4.79 Å². The molecule has 6 nitrogen and oxygen atoms in total. The van der Waals surface area contributed by atoms with Gasteiger partial charge in [-0.3, -0.25) is 0 Å². The second kappa shape index (κ2) is 5.14. The van der Waals surface area contributed by atoms with Crippen LogP contribution >= 0.6 is 0 Å². The van der Waals surface area contributed by atoms with Crippen LogP contribution in [0.15, 0.2) is 0 Å². The third kappa shape index (κ3) is 2.58. The number of carboxylic acids is 1. The van der Waals surface area contributed by atoms with Crippen LogP contribution in [-0.2, 0) is 9.53 Å². The molecule has 0 saturated heterocycles. The van der Waals surface area contributed by atoms with Crippen molar-refractivity contribution in [1.29, 1.82) is 0 Å². The van der Waals surface area contributed by atoms with E-state index in [-0.39, 0.29) is 18.2 Å². The lowest BCUT2D eigenvalue weighted by Crippen LogP contribution is -2.59. The first kappa shape index (κ1) is 13.1. The highest BCUT2D eigenvalue weighted by Gasteiger charge is 2.43. The van der Waals surface area contributed by atoms with E-state index in [2.05, 4.69) is 10.6 Å². The molecule has 0 atom stereocenters. The standard InChI is InChI=1S/C12H20N2O4/c1-18-9-6-8(7-9)13-11(17)14-12(10(15)16)4-2-3-5-12/h8-9H,2-7H2,1H3,(H,15,16)(H2,13,14,17). The number of urea groups is 1. The van der Waals surface area contributed by atoms with Crippen LogP contribution in [-0.4, -0.2) is 41.9 Å². The number of carboxylic acid groups (broad SMARTS) is 1. The Balaban J connectivity index is 1.81. The molecule has 0 aromatic rings. The predicted molar refractivity (Wildman–Crippen MR) is 64.3 cm³/mol. The Bertz CT molecular complexity index is 333. The van der Waals surface area contributed by atoms with Crippen molar-refractivity contribution in [3.05, 3.63) is 0 Å². The molecule has 2 aliphatic carbocycles. The van der Waals surface area contributed by atoms with Gasteiger partial charge in [0.15, 0.2) is 0 Å². The van der Waals surface area contributed by atoms with E-state index in [1.165, 1.54) is 0 Å². The Hall–Kier alpha value is -1.30. The minimum absolute atomic E-state index is 0.0993. The molecular weight excluding hydrogens is 236 g/mol. The molecule has 2 saturated carbocycles. The summed E-state index contributed by atoms with van der Waals surface area (Å²) in [6, 6.07) is -0.277. The topological polar surface area (TPSA) is 87.7 Å². The van der Waals surface area contributed by atoms with Crippen LogP contribution in [0.2, 0.25) is 0 Å². The first-order valence-electron chi connectivity index (χ1n) is 6.40. The molecule has 0 heterocycles. The Kier molecular flexibility index (Phi) is 3.75. The number of nitrogens with one attached hydrogen (secondary N) is 2. The zero-order chi connectivity index (χ0) is 13.2. The fourth-order valence-electron chi connectivity index (χ4n) is 2.69. The first-order chi connectivity index (χ1) is 8.55. The molecule has 2 aliphatic rings. The van der Waals surface area contributed by atoms with Gasteiger partial charge in [0, 0.05) is 13.2 Å². The van der Waals surface area contributed by atoms with Crippen molar-refractivity contribution in [3.8, 4) is 0 Å². The van der Waals surface area contributed by atoms with Crippen LogP contribution in [0.5, 0.6) is 0 Å². The molecule has 0 radical (unpaired) electrons. The fourth-order valence-corrected chi connectivity index (χ4v) is 2.69. The number of rotatable bonds is 4. The van der Waals surface area contributed by atoms with Crippen LogP contribution in [0.3, 0.4) is 0 Å². The third-order valence-corrected chi connectivity index (χ3v) is 3.98. The zero-order valence-corrected chi connectivity index (χ0v) is 10.6. The van der Waals surface area contributed by atoms with Crippen molar-refractivity contribution in [2.75, 3.05) is 7.11 Å². The molecule has 2 amide bonds. The molecule has 3 N–H and O–H groups in total. The molecule has 0 aliphatic heterocycles. The Labute approximate surface area is 106 Å². The summed E-state index contributed by atoms with van der Waals surface area (Å²) in [7, 11) is 1.65. The van der Waals surface area contributed by atoms with Crippen LogP contribution < -0.4 is 10.6 Å². The highest BCUT2D eigenvalue weighted by atomic mass is 16.5. The van der Waals surface area contributed by atoms with Gasteiger partial charge >= 0.3 is 12.0 Å². The van der Waals surface area contributed by atoms with Gasteiger partial charge in [-0.15, -0.1) is 0 Å². The van der Waals surface area contributed by atoms with E-state index >= 15 is 0 Å². The van der Waals surface area contributed by atoms with E-state index in [1.807, 2.05) is 0 Å². The number of methoxy groups -OCH3 is 1. The minimum atomic E-state index is -1.06. The largest absolute Gasteiger partial charge is 0.480 e. The number of aliphatic carboxylic acids is 1. The smallest absolute Gasteiger partial charge is 0.329 e. The molecule has 0 unspecified atom stereocenters. The van der Waals surface area contributed by atoms with E-state index in [4.69, 9.17) is 4.74 Å². The van der Waals surface area contributed by atoms with E-state index in [0.29, 0.717) is 12.8 Å². The van der Waals surface area contributed by atoms with Gasteiger partial charge in [0.1, 0.15) is 5.54 Å².